The fourth-order valence-corrected chi connectivity index (χ4v) is 2.06. The third kappa shape index (κ3) is 4.98. The summed E-state index contributed by atoms with van der Waals surface area (Å²) in [5, 5.41) is 0.757. The Morgan fingerprint density at radius 2 is 2.00 bits per heavy atom. The molecule has 1 aromatic heterocycles. The molecule has 0 aliphatic carbocycles. The third-order valence-corrected chi connectivity index (χ3v) is 3.22. The molecule has 0 atom stereocenters. The Labute approximate surface area is 120 Å². The predicted molar refractivity (Wildman–Crippen MR) is 76.2 cm³/mol. The van der Waals surface area contributed by atoms with Gasteiger partial charge in [0.15, 0.2) is 0 Å². The van der Waals surface area contributed by atoms with Gasteiger partial charge in [0.2, 0.25) is 0 Å². The number of nitrogens with two attached hydrogens (primary N) is 1. The standard InChI is InChI=1S/C11H16ClN3.2ClH/c12-11-7-14-4-1-9(11)8-15-5-2-10(13)3-6-15;;/h1,4,7,10H,2-3,5-6,8,13H2;2*1H. The summed E-state index contributed by atoms with van der Waals surface area (Å²) in [7, 11) is 0. The normalized spacial score (nSPS) is 17.1. The van der Waals surface area contributed by atoms with E-state index in [0.717, 1.165) is 43.1 Å². The van der Waals surface area contributed by atoms with E-state index in [-0.39, 0.29) is 24.8 Å². The van der Waals surface area contributed by atoms with Gasteiger partial charge in [-0.05, 0) is 37.6 Å². The van der Waals surface area contributed by atoms with Gasteiger partial charge in [0.25, 0.3) is 0 Å². The monoisotopic (exact) mass is 297 g/mol. The van der Waals surface area contributed by atoms with Crippen molar-refractivity contribution >= 4 is 36.4 Å². The van der Waals surface area contributed by atoms with Crippen molar-refractivity contribution in [1.82, 2.24) is 9.88 Å². The Bertz CT molecular complexity index is 327. The lowest BCUT2D eigenvalue weighted by molar-refractivity contribution is 0.205. The van der Waals surface area contributed by atoms with E-state index in [1.165, 1.54) is 0 Å². The van der Waals surface area contributed by atoms with E-state index in [4.69, 9.17) is 17.3 Å². The molecule has 0 radical (unpaired) electrons. The van der Waals surface area contributed by atoms with Crippen molar-refractivity contribution in [3.63, 3.8) is 0 Å². The Morgan fingerprint density at radius 3 is 2.59 bits per heavy atom. The lowest BCUT2D eigenvalue weighted by Gasteiger charge is -2.30. The van der Waals surface area contributed by atoms with E-state index in [1.54, 1.807) is 12.4 Å². The van der Waals surface area contributed by atoms with Gasteiger partial charge in [0.1, 0.15) is 0 Å². The van der Waals surface area contributed by atoms with Crippen LogP contribution in [0.2, 0.25) is 5.02 Å². The summed E-state index contributed by atoms with van der Waals surface area (Å²) < 4.78 is 0. The molecule has 2 rings (SSSR count). The van der Waals surface area contributed by atoms with Crippen molar-refractivity contribution in [2.24, 2.45) is 5.73 Å². The number of aromatic nitrogens is 1. The maximum atomic E-state index is 6.06. The van der Waals surface area contributed by atoms with Crippen LogP contribution in [0.1, 0.15) is 18.4 Å². The SMILES string of the molecule is Cl.Cl.NC1CCN(Cc2ccncc2Cl)CC1. The van der Waals surface area contributed by atoms with E-state index < -0.39 is 0 Å². The molecule has 0 amide bonds. The number of hydrogen-bond donors (Lipinski definition) is 1. The van der Waals surface area contributed by atoms with Crippen molar-refractivity contribution < 1.29 is 0 Å². The summed E-state index contributed by atoms with van der Waals surface area (Å²) in [5.74, 6) is 0. The predicted octanol–water partition coefficient (Wildman–Crippen LogP) is 2.50. The van der Waals surface area contributed by atoms with Crippen molar-refractivity contribution in [2.45, 2.75) is 25.4 Å². The van der Waals surface area contributed by atoms with Gasteiger partial charge in [-0.3, -0.25) is 9.88 Å². The topological polar surface area (TPSA) is 42.1 Å². The van der Waals surface area contributed by atoms with Gasteiger partial charge in [-0.15, -0.1) is 24.8 Å². The zero-order valence-electron chi connectivity index (χ0n) is 9.51. The van der Waals surface area contributed by atoms with Gasteiger partial charge in [0, 0.05) is 25.0 Å². The van der Waals surface area contributed by atoms with Gasteiger partial charge in [-0.25, -0.2) is 0 Å². The molecule has 1 fully saturated rings. The number of piperidine rings is 1. The third-order valence-electron chi connectivity index (χ3n) is 2.88. The second-order valence-electron chi connectivity index (χ2n) is 4.08. The zero-order chi connectivity index (χ0) is 10.7. The van der Waals surface area contributed by atoms with Gasteiger partial charge < -0.3 is 5.73 Å². The Hall–Kier alpha value is -0.0600. The summed E-state index contributed by atoms with van der Waals surface area (Å²) in [6, 6.07) is 2.37. The number of hydrogen-bond acceptors (Lipinski definition) is 3. The fourth-order valence-electron chi connectivity index (χ4n) is 1.88. The first-order chi connectivity index (χ1) is 7.25. The van der Waals surface area contributed by atoms with Crippen LogP contribution in [0, 0.1) is 0 Å². The molecule has 0 aromatic carbocycles. The second kappa shape index (κ2) is 8.11. The summed E-state index contributed by atoms with van der Waals surface area (Å²) in [6.07, 6.45) is 5.66. The van der Waals surface area contributed by atoms with Crippen LogP contribution in [0.15, 0.2) is 18.5 Å². The second-order valence-corrected chi connectivity index (χ2v) is 4.49. The number of nitrogens with zero attached hydrogens (tertiary/aromatic N) is 2. The van der Waals surface area contributed by atoms with Crippen LogP contribution in [-0.2, 0) is 6.54 Å². The number of likely N-dealkylation sites (tertiary alicyclic amines) is 1. The molecular formula is C11H18Cl3N3. The molecule has 1 aromatic rings. The van der Waals surface area contributed by atoms with Gasteiger partial charge in [-0.1, -0.05) is 11.6 Å². The average Bonchev–Trinajstić information content (AvgIpc) is 2.25. The highest BCUT2D eigenvalue weighted by molar-refractivity contribution is 6.31. The number of rotatable bonds is 2. The Kier molecular flexibility index (Phi) is 8.09. The van der Waals surface area contributed by atoms with Crippen LogP contribution in [0.5, 0.6) is 0 Å². The lowest BCUT2D eigenvalue weighted by atomic mass is 10.1. The molecule has 0 saturated carbocycles. The maximum Gasteiger partial charge on any atom is 0.0634 e. The first-order valence-electron chi connectivity index (χ1n) is 5.32. The summed E-state index contributed by atoms with van der Waals surface area (Å²) in [4.78, 5) is 6.37. The van der Waals surface area contributed by atoms with E-state index in [2.05, 4.69) is 9.88 Å². The minimum Gasteiger partial charge on any atom is -0.328 e. The minimum absolute atomic E-state index is 0. The lowest BCUT2D eigenvalue weighted by Crippen LogP contribution is -2.39. The van der Waals surface area contributed by atoms with E-state index in [0.29, 0.717) is 6.04 Å². The molecule has 0 spiro atoms. The Morgan fingerprint density at radius 1 is 1.35 bits per heavy atom. The number of halogens is 3. The first kappa shape index (κ1) is 16.9. The average molecular weight is 299 g/mol. The largest absolute Gasteiger partial charge is 0.328 e. The molecule has 1 aliphatic heterocycles. The van der Waals surface area contributed by atoms with Crippen molar-refractivity contribution in [3.05, 3.63) is 29.0 Å². The van der Waals surface area contributed by atoms with Gasteiger partial charge >= 0.3 is 0 Å². The highest BCUT2D eigenvalue weighted by atomic mass is 35.5. The van der Waals surface area contributed by atoms with Crippen molar-refractivity contribution in [3.8, 4) is 0 Å². The highest BCUT2D eigenvalue weighted by Crippen LogP contribution is 2.18. The summed E-state index contributed by atoms with van der Waals surface area (Å²) in [5.41, 5.74) is 7.01. The molecule has 6 heteroatoms. The van der Waals surface area contributed by atoms with Crippen LogP contribution in [0.4, 0.5) is 0 Å². The van der Waals surface area contributed by atoms with E-state index in [9.17, 15) is 0 Å². The highest BCUT2D eigenvalue weighted by Gasteiger charge is 2.16. The molecule has 98 valence electrons. The zero-order valence-corrected chi connectivity index (χ0v) is 11.9. The quantitative estimate of drug-likeness (QED) is 0.912. The van der Waals surface area contributed by atoms with Crippen LogP contribution in [0.25, 0.3) is 0 Å². The van der Waals surface area contributed by atoms with Crippen molar-refractivity contribution in [1.29, 1.82) is 0 Å². The molecule has 2 N–H and O–H groups in total. The molecule has 17 heavy (non-hydrogen) atoms. The molecule has 1 saturated heterocycles. The van der Waals surface area contributed by atoms with Crippen LogP contribution < -0.4 is 5.73 Å². The molecule has 3 nitrogen and oxygen atoms in total. The number of pyridine rings is 1. The summed E-state index contributed by atoms with van der Waals surface area (Å²) >= 11 is 6.06. The van der Waals surface area contributed by atoms with E-state index >= 15 is 0 Å². The molecule has 2 heterocycles. The fraction of sp³-hybridized carbons (Fsp3) is 0.545. The van der Waals surface area contributed by atoms with Crippen LogP contribution >= 0.6 is 36.4 Å². The molecule has 0 bridgehead atoms. The Balaban J connectivity index is 0.00000128. The minimum atomic E-state index is 0. The van der Waals surface area contributed by atoms with E-state index in [1.807, 2.05) is 6.07 Å². The summed E-state index contributed by atoms with van der Waals surface area (Å²) in [6.45, 7) is 3.05. The molecule has 0 unspecified atom stereocenters. The van der Waals surface area contributed by atoms with Crippen molar-refractivity contribution in [2.75, 3.05) is 13.1 Å². The van der Waals surface area contributed by atoms with Gasteiger partial charge in [0.05, 0.1) is 5.02 Å². The molecular weight excluding hydrogens is 281 g/mol. The van der Waals surface area contributed by atoms with Crippen LogP contribution in [0.3, 0.4) is 0 Å². The first-order valence-corrected chi connectivity index (χ1v) is 5.70. The van der Waals surface area contributed by atoms with Crippen LogP contribution in [-0.4, -0.2) is 29.0 Å². The smallest absolute Gasteiger partial charge is 0.0634 e. The molecule has 1 aliphatic rings. The maximum absolute atomic E-state index is 6.06. The van der Waals surface area contributed by atoms with Gasteiger partial charge in [-0.2, -0.15) is 0 Å².